The summed E-state index contributed by atoms with van der Waals surface area (Å²) in [6, 6.07) is 9.31. The number of aryl methyl sites for hydroxylation is 1. The van der Waals surface area contributed by atoms with E-state index in [-0.39, 0.29) is 5.56 Å². The fraction of sp³-hybridized carbons (Fsp3) is 0.176. The van der Waals surface area contributed by atoms with Crippen LogP contribution in [0.15, 0.2) is 46.6 Å². The van der Waals surface area contributed by atoms with E-state index in [0.29, 0.717) is 0 Å². The highest BCUT2D eigenvalue weighted by molar-refractivity contribution is 5.82. The van der Waals surface area contributed by atoms with Crippen molar-refractivity contribution in [1.82, 2.24) is 0 Å². The summed E-state index contributed by atoms with van der Waals surface area (Å²) < 4.78 is 54.9. The normalized spacial score (nSPS) is 11.8. The molecular formula is C17H14F4N2O. The molecule has 0 saturated carbocycles. The first-order valence-corrected chi connectivity index (χ1v) is 7.08. The Morgan fingerprint density at radius 3 is 2.00 bits per heavy atom. The van der Waals surface area contributed by atoms with Crippen LogP contribution in [0.4, 0.5) is 17.6 Å². The Labute approximate surface area is 136 Å². The van der Waals surface area contributed by atoms with Gasteiger partial charge >= 0.3 is 6.61 Å². The third-order valence-electron chi connectivity index (χ3n) is 3.10. The van der Waals surface area contributed by atoms with Gasteiger partial charge in [0.2, 0.25) is 0 Å². The van der Waals surface area contributed by atoms with Gasteiger partial charge in [-0.1, -0.05) is 31.2 Å². The molecule has 2 aromatic carbocycles. The molecule has 0 aromatic heterocycles. The van der Waals surface area contributed by atoms with Crippen molar-refractivity contribution in [3.8, 4) is 5.75 Å². The van der Waals surface area contributed by atoms with E-state index in [4.69, 9.17) is 0 Å². The minimum atomic E-state index is -3.31. The summed E-state index contributed by atoms with van der Waals surface area (Å²) in [7, 11) is 0. The number of benzene rings is 2. The summed E-state index contributed by atoms with van der Waals surface area (Å²) in [5.41, 5.74) is 2.04. The van der Waals surface area contributed by atoms with E-state index in [9.17, 15) is 17.6 Å². The number of alkyl halides is 2. The lowest BCUT2D eigenvalue weighted by Crippen LogP contribution is -2.06. The van der Waals surface area contributed by atoms with Gasteiger partial charge in [-0.3, -0.25) is 0 Å². The molecule has 0 radical (unpaired) electrons. The lowest BCUT2D eigenvalue weighted by Gasteiger charge is -2.07. The van der Waals surface area contributed by atoms with Gasteiger partial charge < -0.3 is 4.74 Å². The zero-order valence-electron chi connectivity index (χ0n) is 12.7. The van der Waals surface area contributed by atoms with Gasteiger partial charge in [0, 0.05) is 5.56 Å². The summed E-state index contributed by atoms with van der Waals surface area (Å²) >= 11 is 0. The Balaban J connectivity index is 2.07. The molecule has 7 heteroatoms. The molecule has 0 heterocycles. The molecule has 0 atom stereocenters. The van der Waals surface area contributed by atoms with Gasteiger partial charge in [-0.25, -0.2) is 8.78 Å². The summed E-state index contributed by atoms with van der Waals surface area (Å²) in [6.07, 6.45) is 3.52. The Morgan fingerprint density at radius 2 is 1.50 bits per heavy atom. The van der Waals surface area contributed by atoms with Crippen LogP contribution in [0, 0.1) is 11.6 Å². The van der Waals surface area contributed by atoms with Crippen LogP contribution in [0.25, 0.3) is 0 Å². The molecule has 2 aromatic rings. The van der Waals surface area contributed by atoms with Crippen LogP contribution in [0.1, 0.15) is 23.6 Å². The van der Waals surface area contributed by atoms with Crippen LogP contribution >= 0.6 is 0 Å². The van der Waals surface area contributed by atoms with E-state index in [2.05, 4.69) is 14.9 Å². The van der Waals surface area contributed by atoms with E-state index >= 15 is 0 Å². The number of halogens is 4. The highest BCUT2D eigenvalue weighted by Gasteiger charge is 2.16. The van der Waals surface area contributed by atoms with Gasteiger partial charge in [0.1, 0.15) is 0 Å². The Kier molecular flexibility index (Phi) is 6.06. The van der Waals surface area contributed by atoms with Crippen molar-refractivity contribution in [3.63, 3.8) is 0 Å². The Hall–Kier alpha value is -2.70. The Morgan fingerprint density at radius 1 is 0.958 bits per heavy atom. The van der Waals surface area contributed by atoms with Crippen molar-refractivity contribution in [2.75, 3.05) is 0 Å². The summed E-state index contributed by atoms with van der Waals surface area (Å²) in [5, 5.41) is 7.45. The van der Waals surface area contributed by atoms with Crippen LogP contribution in [0.2, 0.25) is 0 Å². The highest BCUT2D eigenvalue weighted by Crippen LogP contribution is 2.24. The second kappa shape index (κ2) is 8.24. The highest BCUT2D eigenvalue weighted by atomic mass is 19.3. The van der Waals surface area contributed by atoms with Crippen molar-refractivity contribution < 1.29 is 22.3 Å². The average molecular weight is 338 g/mol. The van der Waals surface area contributed by atoms with Crippen LogP contribution in [0.3, 0.4) is 0 Å². The fourth-order valence-corrected chi connectivity index (χ4v) is 1.90. The third-order valence-corrected chi connectivity index (χ3v) is 3.10. The number of ether oxygens (including phenoxy) is 1. The van der Waals surface area contributed by atoms with E-state index in [1.54, 1.807) is 0 Å². The van der Waals surface area contributed by atoms with Gasteiger partial charge in [0.05, 0.1) is 12.4 Å². The number of hydrogen-bond donors (Lipinski definition) is 0. The standard InChI is InChI=1S/C17H14F4N2O/c1-2-11-3-5-12(6-4-11)9-22-23-10-13-7-14(18)16(15(19)8-13)24-17(20)21/h3-10,17H,2H2,1H3/b22-9+,23-10+. The van der Waals surface area contributed by atoms with Crippen LogP contribution in [-0.4, -0.2) is 19.0 Å². The first-order valence-electron chi connectivity index (χ1n) is 7.08. The zero-order valence-corrected chi connectivity index (χ0v) is 12.7. The molecule has 0 aliphatic carbocycles. The molecule has 0 saturated heterocycles. The van der Waals surface area contributed by atoms with Crippen molar-refractivity contribution in [2.45, 2.75) is 20.0 Å². The van der Waals surface area contributed by atoms with Gasteiger partial charge in [-0.05, 0) is 29.7 Å². The van der Waals surface area contributed by atoms with Crippen LogP contribution in [0.5, 0.6) is 5.75 Å². The molecule has 126 valence electrons. The molecular weight excluding hydrogens is 324 g/mol. The lowest BCUT2D eigenvalue weighted by atomic mass is 10.1. The van der Waals surface area contributed by atoms with Crippen LogP contribution in [-0.2, 0) is 6.42 Å². The quantitative estimate of drug-likeness (QED) is 0.431. The van der Waals surface area contributed by atoms with E-state index in [1.807, 2.05) is 31.2 Å². The smallest absolute Gasteiger partial charge is 0.387 e. The fourth-order valence-electron chi connectivity index (χ4n) is 1.90. The van der Waals surface area contributed by atoms with Crippen molar-refractivity contribution in [2.24, 2.45) is 10.2 Å². The predicted octanol–water partition coefficient (Wildman–Crippen LogP) is 4.58. The second-order valence-corrected chi connectivity index (χ2v) is 4.78. The SMILES string of the molecule is CCc1ccc(/C=N/N=C/c2cc(F)c(OC(F)F)c(F)c2)cc1. The van der Waals surface area contributed by atoms with Crippen molar-refractivity contribution >= 4 is 12.4 Å². The van der Waals surface area contributed by atoms with E-state index < -0.39 is 24.0 Å². The number of nitrogens with zero attached hydrogens (tertiary/aromatic N) is 2. The van der Waals surface area contributed by atoms with Gasteiger partial charge in [0.25, 0.3) is 0 Å². The molecule has 2 rings (SSSR count). The zero-order chi connectivity index (χ0) is 17.5. The van der Waals surface area contributed by atoms with Crippen molar-refractivity contribution in [1.29, 1.82) is 0 Å². The molecule has 0 aliphatic rings. The lowest BCUT2D eigenvalue weighted by molar-refractivity contribution is -0.0546. The average Bonchev–Trinajstić information content (AvgIpc) is 2.55. The Bertz CT molecular complexity index is 720. The predicted molar refractivity (Wildman–Crippen MR) is 84.0 cm³/mol. The van der Waals surface area contributed by atoms with Crippen molar-refractivity contribution in [3.05, 3.63) is 64.7 Å². The van der Waals surface area contributed by atoms with Gasteiger partial charge in [0.15, 0.2) is 17.4 Å². The number of rotatable bonds is 6. The maximum absolute atomic E-state index is 13.5. The molecule has 0 N–H and O–H groups in total. The van der Waals surface area contributed by atoms with Crippen LogP contribution < -0.4 is 4.74 Å². The summed E-state index contributed by atoms with van der Waals surface area (Å²) in [4.78, 5) is 0. The summed E-state index contributed by atoms with van der Waals surface area (Å²) in [6.45, 7) is -1.26. The molecule has 0 spiro atoms. The van der Waals surface area contributed by atoms with Gasteiger partial charge in [-0.15, -0.1) is 0 Å². The maximum atomic E-state index is 13.5. The number of hydrogen-bond acceptors (Lipinski definition) is 3. The maximum Gasteiger partial charge on any atom is 0.387 e. The molecule has 0 aliphatic heterocycles. The topological polar surface area (TPSA) is 34.0 Å². The largest absolute Gasteiger partial charge is 0.429 e. The third kappa shape index (κ3) is 4.91. The minimum absolute atomic E-state index is 0.0325. The van der Waals surface area contributed by atoms with E-state index in [1.165, 1.54) is 11.8 Å². The molecule has 0 bridgehead atoms. The minimum Gasteiger partial charge on any atom is -0.429 e. The summed E-state index contributed by atoms with van der Waals surface area (Å²) in [5.74, 6) is -3.60. The molecule has 0 fully saturated rings. The second-order valence-electron chi connectivity index (χ2n) is 4.78. The monoisotopic (exact) mass is 338 g/mol. The molecule has 24 heavy (non-hydrogen) atoms. The first-order chi connectivity index (χ1) is 11.5. The van der Waals surface area contributed by atoms with Gasteiger partial charge in [-0.2, -0.15) is 19.0 Å². The first kappa shape index (κ1) is 17.7. The van der Waals surface area contributed by atoms with E-state index in [0.717, 1.165) is 30.3 Å². The molecule has 0 amide bonds. The molecule has 3 nitrogen and oxygen atoms in total. The molecule has 0 unspecified atom stereocenters.